The van der Waals surface area contributed by atoms with Gasteiger partial charge in [-0.05, 0) is 54.7 Å². The minimum absolute atomic E-state index is 0.359. The molecule has 2 unspecified atom stereocenters. The molecule has 0 saturated carbocycles. The number of rotatable bonds is 3. The summed E-state index contributed by atoms with van der Waals surface area (Å²) >= 11 is 7.15. The Bertz CT molecular complexity index is 607. The van der Waals surface area contributed by atoms with Crippen LogP contribution in [0.1, 0.15) is 42.1 Å². The molecule has 2 aromatic rings. The van der Waals surface area contributed by atoms with Crippen molar-refractivity contribution in [3.05, 3.63) is 68.1 Å². The van der Waals surface area contributed by atoms with Gasteiger partial charge in [-0.25, -0.2) is 0 Å². The molecule has 0 amide bonds. The average Bonchev–Trinajstić information content (AvgIpc) is 2.84. The van der Waals surface area contributed by atoms with Gasteiger partial charge in [-0.15, -0.1) is 0 Å². The van der Waals surface area contributed by atoms with Crippen molar-refractivity contribution in [3.63, 3.8) is 0 Å². The SMILES string of the molecule is CC(NC1CCc2c(Br)cccc21)c1ccc(Br)cc1. The Kier molecular flexibility index (Phi) is 4.29. The van der Waals surface area contributed by atoms with Crippen LogP contribution in [0.3, 0.4) is 0 Å². The van der Waals surface area contributed by atoms with Crippen molar-refractivity contribution in [3.8, 4) is 0 Å². The van der Waals surface area contributed by atoms with Crippen molar-refractivity contribution in [2.75, 3.05) is 0 Å². The first-order valence-corrected chi connectivity index (χ1v) is 8.52. The van der Waals surface area contributed by atoms with E-state index in [0.717, 1.165) is 10.9 Å². The van der Waals surface area contributed by atoms with Gasteiger partial charge in [-0.1, -0.05) is 56.1 Å². The first-order chi connectivity index (χ1) is 9.65. The summed E-state index contributed by atoms with van der Waals surface area (Å²) in [7, 11) is 0. The predicted molar refractivity (Wildman–Crippen MR) is 90.9 cm³/mol. The van der Waals surface area contributed by atoms with Gasteiger partial charge in [0, 0.05) is 21.0 Å². The van der Waals surface area contributed by atoms with E-state index in [0.29, 0.717) is 12.1 Å². The first-order valence-electron chi connectivity index (χ1n) is 6.94. The maximum Gasteiger partial charge on any atom is 0.0331 e. The van der Waals surface area contributed by atoms with Crippen LogP contribution in [0, 0.1) is 0 Å². The Morgan fingerprint density at radius 1 is 1.10 bits per heavy atom. The fourth-order valence-corrected chi connectivity index (χ4v) is 3.78. The van der Waals surface area contributed by atoms with Gasteiger partial charge in [-0.2, -0.15) is 0 Å². The number of fused-ring (bicyclic) bond motifs is 1. The topological polar surface area (TPSA) is 12.0 Å². The molecule has 3 heteroatoms. The summed E-state index contributed by atoms with van der Waals surface area (Å²) in [6, 6.07) is 15.9. The van der Waals surface area contributed by atoms with Crippen LogP contribution in [0.25, 0.3) is 0 Å². The van der Waals surface area contributed by atoms with Gasteiger partial charge in [0.1, 0.15) is 0 Å². The second kappa shape index (κ2) is 6.00. The normalized spacial score (nSPS) is 18.9. The number of hydrogen-bond acceptors (Lipinski definition) is 1. The summed E-state index contributed by atoms with van der Waals surface area (Å²) in [5, 5.41) is 3.76. The van der Waals surface area contributed by atoms with Crippen LogP contribution >= 0.6 is 31.9 Å². The van der Waals surface area contributed by atoms with E-state index in [9.17, 15) is 0 Å². The Hall–Kier alpha value is -0.640. The van der Waals surface area contributed by atoms with Crippen molar-refractivity contribution in [2.45, 2.75) is 31.8 Å². The van der Waals surface area contributed by atoms with Crippen molar-refractivity contribution in [1.82, 2.24) is 5.32 Å². The van der Waals surface area contributed by atoms with Crippen LogP contribution in [-0.2, 0) is 6.42 Å². The minimum atomic E-state index is 0.359. The molecule has 1 nitrogen and oxygen atoms in total. The van der Waals surface area contributed by atoms with Crippen LogP contribution in [0.15, 0.2) is 51.4 Å². The summed E-state index contributed by atoms with van der Waals surface area (Å²) < 4.78 is 2.37. The first kappa shape index (κ1) is 14.3. The second-order valence-corrected chi connectivity index (χ2v) is 7.11. The highest BCUT2D eigenvalue weighted by atomic mass is 79.9. The summed E-state index contributed by atoms with van der Waals surface area (Å²) in [5.74, 6) is 0. The van der Waals surface area contributed by atoms with E-state index in [4.69, 9.17) is 0 Å². The Labute approximate surface area is 137 Å². The van der Waals surface area contributed by atoms with Crippen LogP contribution in [-0.4, -0.2) is 0 Å². The molecule has 0 aromatic heterocycles. The molecule has 0 spiro atoms. The fraction of sp³-hybridized carbons (Fsp3) is 0.294. The van der Waals surface area contributed by atoms with Gasteiger partial charge in [0.2, 0.25) is 0 Å². The fourth-order valence-electron chi connectivity index (χ4n) is 2.93. The number of halogens is 2. The lowest BCUT2D eigenvalue weighted by Crippen LogP contribution is -2.22. The van der Waals surface area contributed by atoms with Crippen LogP contribution in [0.4, 0.5) is 0 Å². The summed E-state index contributed by atoms with van der Waals surface area (Å²) in [5.41, 5.74) is 4.24. The van der Waals surface area contributed by atoms with Gasteiger partial charge in [0.25, 0.3) is 0 Å². The maximum atomic E-state index is 3.76. The molecule has 1 aliphatic carbocycles. The van der Waals surface area contributed by atoms with Crippen molar-refractivity contribution in [2.24, 2.45) is 0 Å². The maximum absolute atomic E-state index is 3.76. The van der Waals surface area contributed by atoms with Gasteiger partial charge < -0.3 is 5.32 Å². The molecule has 0 aliphatic heterocycles. The molecule has 104 valence electrons. The zero-order valence-corrected chi connectivity index (χ0v) is 14.5. The van der Waals surface area contributed by atoms with Gasteiger partial charge >= 0.3 is 0 Å². The van der Waals surface area contributed by atoms with Gasteiger partial charge in [-0.3, -0.25) is 0 Å². The van der Waals surface area contributed by atoms with E-state index in [-0.39, 0.29) is 0 Å². The molecule has 2 aromatic carbocycles. The molecule has 2 atom stereocenters. The van der Waals surface area contributed by atoms with Crippen LogP contribution in [0.5, 0.6) is 0 Å². The molecular formula is C17H17Br2N. The number of nitrogens with one attached hydrogen (secondary N) is 1. The summed E-state index contributed by atoms with van der Waals surface area (Å²) in [6.07, 6.45) is 2.33. The number of benzene rings is 2. The molecule has 1 N–H and O–H groups in total. The van der Waals surface area contributed by atoms with E-state index in [2.05, 4.69) is 86.6 Å². The highest BCUT2D eigenvalue weighted by Gasteiger charge is 2.25. The Morgan fingerprint density at radius 3 is 2.60 bits per heavy atom. The lowest BCUT2D eigenvalue weighted by Gasteiger charge is -2.21. The highest BCUT2D eigenvalue weighted by Crippen LogP contribution is 2.36. The van der Waals surface area contributed by atoms with E-state index >= 15 is 0 Å². The smallest absolute Gasteiger partial charge is 0.0331 e. The lowest BCUT2D eigenvalue weighted by atomic mass is 10.0. The van der Waals surface area contributed by atoms with Gasteiger partial charge in [0.05, 0.1) is 0 Å². The van der Waals surface area contributed by atoms with Gasteiger partial charge in [0.15, 0.2) is 0 Å². The van der Waals surface area contributed by atoms with Crippen LogP contribution < -0.4 is 5.32 Å². The standard InChI is InChI=1S/C17H17Br2N/c1-11(12-5-7-13(18)8-6-12)20-17-10-9-14-15(17)3-2-4-16(14)19/h2-8,11,17,20H,9-10H2,1H3. The van der Waals surface area contributed by atoms with Crippen molar-refractivity contribution >= 4 is 31.9 Å². The molecule has 0 fully saturated rings. The quantitative estimate of drug-likeness (QED) is 0.719. The molecule has 0 heterocycles. The third-order valence-electron chi connectivity index (χ3n) is 4.03. The Balaban J connectivity index is 1.77. The molecule has 0 saturated heterocycles. The average molecular weight is 395 g/mol. The predicted octanol–water partition coefficient (Wildman–Crippen LogP) is 5.55. The molecular weight excluding hydrogens is 378 g/mol. The monoisotopic (exact) mass is 393 g/mol. The zero-order chi connectivity index (χ0) is 14.1. The summed E-state index contributed by atoms with van der Waals surface area (Å²) in [6.45, 7) is 2.24. The van der Waals surface area contributed by atoms with Crippen LogP contribution in [0.2, 0.25) is 0 Å². The molecule has 0 bridgehead atoms. The minimum Gasteiger partial charge on any atom is -0.303 e. The lowest BCUT2D eigenvalue weighted by molar-refractivity contribution is 0.465. The van der Waals surface area contributed by atoms with E-state index in [1.54, 1.807) is 0 Å². The largest absolute Gasteiger partial charge is 0.303 e. The summed E-state index contributed by atoms with van der Waals surface area (Å²) in [4.78, 5) is 0. The van der Waals surface area contributed by atoms with E-state index in [1.807, 2.05) is 0 Å². The van der Waals surface area contributed by atoms with Crippen molar-refractivity contribution < 1.29 is 0 Å². The highest BCUT2D eigenvalue weighted by molar-refractivity contribution is 9.10. The third-order valence-corrected chi connectivity index (χ3v) is 5.31. The van der Waals surface area contributed by atoms with E-state index < -0.39 is 0 Å². The number of hydrogen-bond donors (Lipinski definition) is 1. The zero-order valence-electron chi connectivity index (χ0n) is 11.4. The molecule has 1 aliphatic rings. The molecule has 0 radical (unpaired) electrons. The Morgan fingerprint density at radius 2 is 1.85 bits per heavy atom. The molecule has 20 heavy (non-hydrogen) atoms. The van der Waals surface area contributed by atoms with E-state index in [1.165, 1.54) is 27.6 Å². The van der Waals surface area contributed by atoms with Crippen molar-refractivity contribution in [1.29, 1.82) is 0 Å². The molecule has 3 rings (SSSR count). The second-order valence-electron chi connectivity index (χ2n) is 5.34. The third kappa shape index (κ3) is 2.85.